The fourth-order valence-electron chi connectivity index (χ4n) is 2.97. The molecule has 0 saturated carbocycles. The Bertz CT molecular complexity index is 1040. The molecular formula is C21H26N4O7S. The smallest absolute Gasteiger partial charge is 0.414 e. The normalized spacial score (nSPS) is 14.2. The van der Waals surface area contributed by atoms with E-state index in [9.17, 15) is 13.2 Å². The zero-order valence-electron chi connectivity index (χ0n) is 18.0. The van der Waals surface area contributed by atoms with Crippen molar-refractivity contribution in [3.8, 4) is 0 Å². The van der Waals surface area contributed by atoms with Gasteiger partial charge in [0.2, 0.25) is 15.9 Å². The average molecular weight is 479 g/mol. The highest BCUT2D eigenvalue weighted by Gasteiger charge is 2.29. The van der Waals surface area contributed by atoms with E-state index < -0.39 is 22.0 Å². The minimum atomic E-state index is -3.51. The highest BCUT2D eigenvalue weighted by molar-refractivity contribution is 7.89. The molecule has 11 nitrogen and oxygen atoms in total. The summed E-state index contributed by atoms with van der Waals surface area (Å²) in [6.45, 7) is 4.14. The second-order valence-electron chi connectivity index (χ2n) is 7.17. The third-order valence-electron chi connectivity index (χ3n) is 4.76. The van der Waals surface area contributed by atoms with Gasteiger partial charge in [-0.05, 0) is 30.7 Å². The minimum absolute atomic E-state index is 0.0220. The van der Waals surface area contributed by atoms with E-state index in [0.29, 0.717) is 37.6 Å². The van der Waals surface area contributed by atoms with E-state index in [-0.39, 0.29) is 12.5 Å². The van der Waals surface area contributed by atoms with Crippen molar-refractivity contribution in [3.63, 3.8) is 0 Å². The molecular weight excluding hydrogens is 452 g/mol. The number of carbonyl (C=O) groups excluding carboxylic acids is 1. The van der Waals surface area contributed by atoms with Crippen LogP contribution in [0.4, 0.5) is 0 Å². The number of nitrogens with zero attached hydrogens (tertiary/aromatic N) is 3. The molecule has 1 amide bonds. The Hall–Kier alpha value is -3.35. The first kappa shape index (κ1) is 25.9. The van der Waals surface area contributed by atoms with Crippen molar-refractivity contribution in [1.82, 2.24) is 19.5 Å². The predicted octanol–water partition coefficient (Wildman–Crippen LogP) is 0.168. The number of carboxylic acid groups (broad SMARTS) is 2. The number of aryl methyl sites for hydroxylation is 1. The molecule has 3 rings (SSSR count). The van der Waals surface area contributed by atoms with Gasteiger partial charge in [0, 0.05) is 45.1 Å². The van der Waals surface area contributed by atoms with Gasteiger partial charge >= 0.3 is 11.9 Å². The molecule has 1 fully saturated rings. The summed E-state index contributed by atoms with van der Waals surface area (Å²) >= 11 is 0. The second kappa shape index (κ2) is 12.0. The van der Waals surface area contributed by atoms with Crippen LogP contribution < -0.4 is 5.32 Å². The lowest BCUT2D eigenvalue weighted by molar-refractivity contribution is -0.159. The van der Waals surface area contributed by atoms with E-state index in [0.717, 1.165) is 11.1 Å². The molecule has 2 heterocycles. The molecule has 1 aromatic heterocycles. The summed E-state index contributed by atoms with van der Waals surface area (Å²) in [7, 11) is -3.51. The van der Waals surface area contributed by atoms with Crippen LogP contribution in [0.3, 0.4) is 0 Å². The number of aliphatic carboxylic acids is 2. The van der Waals surface area contributed by atoms with Gasteiger partial charge in [-0.2, -0.15) is 4.31 Å². The number of pyridine rings is 1. The van der Waals surface area contributed by atoms with Crippen molar-refractivity contribution < 1.29 is 33.0 Å². The Morgan fingerprint density at radius 3 is 2.12 bits per heavy atom. The maximum Gasteiger partial charge on any atom is 0.414 e. The van der Waals surface area contributed by atoms with E-state index in [1.807, 2.05) is 19.1 Å². The van der Waals surface area contributed by atoms with Crippen molar-refractivity contribution >= 4 is 27.9 Å². The van der Waals surface area contributed by atoms with Crippen LogP contribution in [0.5, 0.6) is 0 Å². The number of piperazine rings is 1. The van der Waals surface area contributed by atoms with Gasteiger partial charge in [-0.15, -0.1) is 0 Å². The number of rotatable bonds is 6. The van der Waals surface area contributed by atoms with Crippen molar-refractivity contribution in [2.45, 2.75) is 18.4 Å². The Labute approximate surface area is 191 Å². The zero-order chi connectivity index (χ0) is 24.4. The molecule has 0 radical (unpaired) electrons. The third kappa shape index (κ3) is 7.93. The molecule has 0 atom stereocenters. The maximum absolute atomic E-state index is 12.7. The van der Waals surface area contributed by atoms with Crippen LogP contribution in [-0.2, 0) is 31.0 Å². The number of amides is 1. The molecule has 1 aliphatic heterocycles. The van der Waals surface area contributed by atoms with Gasteiger partial charge in [0.05, 0.1) is 11.4 Å². The summed E-state index contributed by atoms with van der Waals surface area (Å²) in [6.07, 6.45) is 3.46. The number of nitrogens with one attached hydrogen (secondary N) is 1. The maximum atomic E-state index is 12.7. The van der Waals surface area contributed by atoms with Crippen LogP contribution in [0.1, 0.15) is 11.1 Å². The first-order chi connectivity index (χ1) is 15.6. The summed E-state index contributed by atoms with van der Waals surface area (Å²) in [5.41, 5.74) is 2.03. The Morgan fingerprint density at radius 2 is 1.61 bits per heavy atom. The highest BCUT2D eigenvalue weighted by atomic mass is 32.2. The molecule has 0 spiro atoms. The van der Waals surface area contributed by atoms with Crippen LogP contribution in [0.2, 0.25) is 0 Å². The van der Waals surface area contributed by atoms with Crippen LogP contribution in [-0.4, -0.2) is 83.4 Å². The van der Waals surface area contributed by atoms with Crippen LogP contribution in [0.25, 0.3) is 0 Å². The number of hydrogen-bond acceptors (Lipinski definition) is 7. The number of carbonyl (C=O) groups is 3. The fraction of sp³-hybridized carbons (Fsp3) is 0.333. The molecule has 1 aromatic carbocycles. The van der Waals surface area contributed by atoms with Gasteiger partial charge in [-0.3, -0.25) is 9.78 Å². The van der Waals surface area contributed by atoms with Crippen LogP contribution in [0.15, 0.2) is 53.7 Å². The largest absolute Gasteiger partial charge is 0.473 e. The molecule has 3 N–H and O–H groups in total. The lowest BCUT2D eigenvalue weighted by Crippen LogP contribution is -2.52. The third-order valence-corrected chi connectivity index (χ3v) is 6.67. The number of carboxylic acids is 2. The van der Waals surface area contributed by atoms with E-state index in [1.165, 1.54) is 4.31 Å². The quantitative estimate of drug-likeness (QED) is 0.492. The zero-order valence-corrected chi connectivity index (χ0v) is 18.9. The first-order valence-corrected chi connectivity index (χ1v) is 11.5. The lowest BCUT2D eigenvalue weighted by atomic mass is 10.2. The van der Waals surface area contributed by atoms with Gasteiger partial charge in [-0.1, -0.05) is 23.8 Å². The van der Waals surface area contributed by atoms with E-state index >= 15 is 0 Å². The van der Waals surface area contributed by atoms with Crippen molar-refractivity contribution in [1.29, 1.82) is 0 Å². The predicted molar refractivity (Wildman–Crippen MR) is 118 cm³/mol. The summed E-state index contributed by atoms with van der Waals surface area (Å²) in [4.78, 5) is 36.6. The SMILES string of the molecule is Cc1ccc(S(=O)(=O)N2CCN(C(=O)CNCc3cccnc3)CC2)cc1.O=C(O)C(=O)O. The summed E-state index contributed by atoms with van der Waals surface area (Å²) in [5, 5.41) is 17.9. The summed E-state index contributed by atoms with van der Waals surface area (Å²) in [5.74, 6) is -3.67. The molecule has 1 aliphatic rings. The van der Waals surface area contributed by atoms with Gasteiger partial charge in [0.1, 0.15) is 0 Å². The van der Waals surface area contributed by atoms with Gasteiger partial charge in [0.25, 0.3) is 0 Å². The molecule has 2 aromatic rings. The standard InChI is InChI=1S/C19H24N4O3S.C2H2O4/c1-16-4-6-18(7-5-16)27(25,26)23-11-9-22(10-12-23)19(24)15-21-14-17-3-2-8-20-13-17;3-1(4)2(5)6/h2-8,13,21H,9-12,14-15H2,1H3;(H,3,4)(H,5,6). The first-order valence-electron chi connectivity index (χ1n) is 10.0. The highest BCUT2D eigenvalue weighted by Crippen LogP contribution is 2.18. The van der Waals surface area contributed by atoms with Crippen LogP contribution >= 0.6 is 0 Å². The Balaban J connectivity index is 0.000000569. The average Bonchev–Trinajstić information content (AvgIpc) is 2.80. The van der Waals surface area contributed by atoms with Crippen molar-refractivity contribution in [3.05, 3.63) is 59.9 Å². The molecule has 12 heteroatoms. The summed E-state index contributed by atoms with van der Waals surface area (Å²) in [6, 6.07) is 10.6. The Kier molecular flexibility index (Phi) is 9.45. The molecule has 0 unspecified atom stereocenters. The molecule has 33 heavy (non-hydrogen) atoms. The minimum Gasteiger partial charge on any atom is -0.473 e. The number of hydrogen-bond donors (Lipinski definition) is 3. The van der Waals surface area contributed by atoms with E-state index in [4.69, 9.17) is 19.8 Å². The van der Waals surface area contributed by atoms with E-state index in [1.54, 1.807) is 41.6 Å². The number of benzene rings is 1. The molecule has 1 saturated heterocycles. The fourth-order valence-corrected chi connectivity index (χ4v) is 4.39. The molecule has 0 bridgehead atoms. The van der Waals surface area contributed by atoms with Gasteiger partial charge < -0.3 is 20.4 Å². The summed E-state index contributed by atoms with van der Waals surface area (Å²) < 4.78 is 26.9. The van der Waals surface area contributed by atoms with Crippen molar-refractivity contribution in [2.75, 3.05) is 32.7 Å². The molecule has 0 aliphatic carbocycles. The van der Waals surface area contributed by atoms with Gasteiger partial charge in [-0.25, -0.2) is 18.0 Å². The van der Waals surface area contributed by atoms with Crippen molar-refractivity contribution in [2.24, 2.45) is 0 Å². The number of aromatic nitrogens is 1. The second-order valence-corrected chi connectivity index (χ2v) is 9.11. The lowest BCUT2D eigenvalue weighted by Gasteiger charge is -2.34. The van der Waals surface area contributed by atoms with Crippen LogP contribution in [0, 0.1) is 6.92 Å². The molecule has 178 valence electrons. The topological polar surface area (TPSA) is 157 Å². The monoisotopic (exact) mass is 478 g/mol. The Morgan fingerprint density at radius 1 is 1.00 bits per heavy atom. The van der Waals surface area contributed by atoms with Gasteiger partial charge in [0.15, 0.2) is 0 Å². The van der Waals surface area contributed by atoms with E-state index in [2.05, 4.69) is 10.3 Å². The number of sulfonamides is 1.